The van der Waals surface area contributed by atoms with Crippen molar-refractivity contribution in [3.8, 4) is 0 Å². The third-order valence-corrected chi connectivity index (χ3v) is 2.55. The highest BCUT2D eigenvalue weighted by Crippen LogP contribution is 2.27. The van der Waals surface area contributed by atoms with Gasteiger partial charge >= 0.3 is 0 Å². The van der Waals surface area contributed by atoms with E-state index < -0.39 is 18.5 Å². The van der Waals surface area contributed by atoms with E-state index in [4.69, 9.17) is 9.47 Å². The van der Waals surface area contributed by atoms with E-state index in [1.54, 1.807) is 0 Å². The number of benzene rings is 1. The Balaban J connectivity index is 2.05. The standard InChI is InChI=1S/C12H14O4/c13-7-6-11-10(14)8-15-12(16-11)9-4-2-1-3-5-9/h1-5,7,10-12,14H,6,8H2/t10-,11+,12-/m0/s1. The number of hydrogen-bond donors (Lipinski definition) is 1. The van der Waals surface area contributed by atoms with Crippen molar-refractivity contribution in [2.75, 3.05) is 6.61 Å². The Morgan fingerprint density at radius 3 is 2.81 bits per heavy atom. The monoisotopic (exact) mass is 222 g/mol. The number of ether oxygens (including phenoxy) is 2. The third-order valence-electron chi connectivity index (χ3n) is 2.55. The van der Waals surface area contributed by atoms with E-state index in [-0.39, 0.29) is 13.0 Å². The summed E-state index contributed by atoms with van der Waals surface area (Å²) in [5, 5.41) is 9.56. The van der Waals surface area contributed by atoms with Gasteiger partial charge in [0.25, 0.3) is 0 Å². The van der Waals surface area contributed by atoms with Crippen molar-refractivity contribution in [1.82, 2.24) is 0 Å². The van der Waals surface area contributed by atoms with Crippen LogP contribution in [0.4, 0.5) is 0 Å². The zero-order valence-corrected chi connectivity index (χ0v) is 8.78. The molecule has 1 aliphatic heterocycles. The second-order valence-corrected chi connectivity index (χ2v) is 3.72. The van der Waals surface area contributed by atoms with Crippen molar-refractivity contribution in [3.63, 3.8) is 0 Å². The van der Waals surface area contributed by atoms with Gasteiger partial charge in [0.05, 0.1) is 12.7 Å². The first-order valence-electron chi connectivity index (χ1n) is 5.25. The Morgan fingerprint density at radius 1 is 1.38 bits per heavy atom. The molecule has 1 N–H and O–H groups in total. The lowest BCUT2D eigenvalue weighted by Gasteiger charge is -2.33. The van der Waals surface area contributed by atoms with E-state index in [0.717, 1.165) is 11.8 Å². The number of carbonyl (C=O) groups excluding carboxylic acids is 1. The minimum Gasteiger partial charge on any atom is -0.388 e. The van der Waals surface area contributed by atoms with Crippen molar-refractivity contribution >= 4 is 6.29 Å². The van der Waals surface area contributed by atoms with Gasteiger partial charge in [0, 0.05) is 12.0 Å². The summed E-state index contributed by atoms with van der Waals surface area (Å²) in [6.45, 7) is 0.193. The number of rotatable bonds is 3. The molecule has 0 unspecified atom stereocenters. The number of aliphatic hydroxyl groups is 1. The lowest BCUT2D eigenvalue weighted by Crippen LogP contribution is -2.40. The predicted molar refractivity (Wildman–Crippen MR) is 56.7 cm³/mol. The number of carbonyl (C=O) groups is 1. The normalized spacial score (nSPS) is 29.9. The molecule has 0 radical (unpaired) electrons. The van der Waals surface area contributed by atoms with Gasteiger partial charge < -0.3 is 19.4 Å². The van der Waals surface area contributed by atoms with Crippen molar-refractivity contribution < 1.29 is 19.4 Å². The van der Waals surface area contributed by atoms with Crippen LogP contribution >= 0.6 is 0 Å². The second kappa shape index (κ2) is 5.21. The van der Waals surface area contributed by atoms with Crippen LogP contribution in [0.3, 0.4) is 0 Å². The van der Waals surface area contributed by atoms with Crippen LogP contribution in [0.1, 0.15) is 18.3 Å². The fourth-order valence-electron chi connectivity index (χ4n) is 1.67. The first kappa shape index (κ1) is 11.3. The Hall–Kier alpha value is -1.23. The van der Waals surface area contributed by atoms with Gasteiger partial charge in [0.15, 0.2) is 6.29 Å². The molecule has 2 rings (SSSR count). The molecule has 1 aromatic carbocycles. The summed E-state index contributed by atoms with van der Waals surface area (Å²) >= 11 is 0. The Morgan fingerprint density at radius 2 is 2.12 bits per heavy atom. The molecular weight excluding hydrogens is 208 g/mol. The first-order chi connectivity index (χ1) is 7.81. The van der Waals surface area contributed by atoms with Crippen molar-refractivity contribution in [1.29, 1.82) is 0 Å². The maximum Gasteiger partial charge on any atom is 0.184 e. The maximum absolute atomic E-state index is 10.4. The number of aliphatic hydroxyl groups excluding tert-OH is 1. The van der Waals surface area contributed by atoms with E-state index >= 15 is 0 Å². The van der Waals surface area contributed by atoms with Crippen LogP contribution < -0.4 is 0 Å². The van der Waals surface area contributed by atoms with Gasteiger partial charge in [-0.2, -0.15) is 0 Å². The molecule has 4 heteroatoms. The first-order valence-corrected chi connectivity index (χ1v) is 5.25. The molecule has 0 spiro atoms. The van der Waals surface area contributed by atoms with Gasteiger partial charge in [-0.05, 0) is 0 Å². The van der Waals surface area contributed by atoms with Gasteiger partial charge in [-0.1, -0.05) is 30.3 Å². The lowest BCUT2D eigenvalue weighted by atomic mass is 10.1. The molecule has 0 bridgehead atoms. The Labute approximate surface area is 93.8 Å². The molecule has 1 aliphatic rings. The van der Waals surface area contributed by atoms with E-state index in [9.17, 15) is 9.90 Å². The summed E-state index contributed by atoms with van der Waals surface area (Å²) in [6, 6.07) is 9.47. The number of aldehydes is 1. The molecule has 3 atom stereocenters. The molecule has 1 aromatic rings. The minimum atomic E-state index is -0.731. The second-order valence-electron chi connectivity index (χ2n) is 3.72. The quantitative estimate of drug-likeness (QED) is 0.777. The van der Waals surface area contributed by atoms with Crippen LogP contribution in [0, 0.1) is 0 Å². The third kappa shape index (κ3) is 2.47. The van der Waals surface area contributed by atoms with Gasteiger partial charge in [-0.25, -0.2) is 0 Å². The summed E-state index contributed by atoms with van der Waals surface area (Å²) in [6.07, 6.45) is -0.758. The van der Waals surface area contributed by atoms with E-state index in [1.807, 2.05) is 30.3 Å². The molecule has 0 saturated carbocycles. The highest BCUT2D eigenvalue weighted by atomic mass is 16.7. The lowest BCUT2D eigenvalue weighted by molar-refractivity contribution is -0.255. The van der Waals surface area contributed by atoms with Crippen LogP contribution in [0.2, 0.25) is 0 Å². The van der Waals surface area contributed by atoms with Crippen LogP contribution in [-0.2, 0) is 14.3 Å². The van der Waals surface area contributed by atoms with Crippen LogP contribution in [0.15, 0.2) is 30.3 Å². The van der Waals surface area contributed by atoms with Crippen LogP contribution in [0.5, 0.6) is 0 Å². The zero-order chi connectivity index (χ0) is 11.4. The van der Waals surface area contributed by atoms with E-state index in [1.165, 1.54) is 0 Å². The van der Waals surface area contributed by atoms with Crippen LogP contribution in [-0.4, -0.2) is 30.2 Å². The Bertz CT molecular complexity index is 338. The summed E-state index contributed by atoms with van der Waals surface area (Å²) in [7, 11) is 0. The summed E-state index contributed by atoms with van der Waals surface area (Å²) in [5.74, 6) is 0. The summed E-state index contributed by atoms with van der Waals surface area (Å²) < 4.78 is 10.9. The van der Waals surface area contributed by atoms with Crippen molar-refractivity contribution in [2.45, 2.75) is 24.9 Å². The molecule has 1 heterocycles. The molecule has 4 nitrogen and oxygen atoms in total. The molecule has 1 saturated heterocycles. The number of hydrogen-bond acceptors (Lipinski definition) is 4. The topological polar surface area (TPSA) is 55.8 Å². The van der Waals surface area contributed by atoms with Crippen LogP contribution in [0.25, 0.3) is 0 Å². The highest BCUT2D eigenvalue weighted by molar-refractivity contribution is 5.50. The minimum absolute atomic E-state index is 0.188. The highest BCUT2D eigenvalue weighted by Gasteiger charge is 2.30. The molecular formula is C12H14O4. The van der Waals surface area contributed by atoms with Crippen molar-refractivity contribution in [3.05, 3.63) is 35.9 Å². The zero-order valence-electron chi connectivity index (χ0n) is 8.78. The summed E-state index contributed by atoms with van der Waals surface area (Å²) in [4.78, 5) is 10.4. The molecule has 0 aromatic heterocycles. The molecule has 0 amide bonds. The van der Waals surface area contributed by atoms with E-state index in [2.05, 4.69) is 0 Å². The van der Waals surface area contributed by atoms with E-state index in [0.29, 0.717) is 0 Å². The van der Waals surface area contributed by atoms with Gasteiger partial charge in [-0.3, -0.25) is 0 Å². The van der Waals surface area contributed by atoms with Crippen molar-refractivity contribution in [2.24, 2.45) is 0 Å². The average Bonchev–Trinajstić information content (AvgIpc) is 2.33. The van der Waals surface area contributed by atoms with Gasteiger partial charge in [-0.15, -0.1) is 0 Å². The van der Waals surface area contributed by atoms with Gasteiger partial charge in [0.2, 0.25) is 0 Å². The predicted octanol–water partition coefficient (Wildman–Crippen LogP) is 1.05. The molecule has 16 heavy (non-hydrogen) atoms. The fraction of sp³-hybridized carbons (Fsp3) is 0.417. The average molecular weight is 222 g/mol. The molecule has 0 aliphatic carbocycles. The molecule has 1 fully saturated rings. The maximum atomic E-state index is 10.4. The van der Waals surface area contributed by atoms with Gasteiger partial charge in [0.1, 0.15) is 12.4 Å². The largest absolute Gasteiger partial charge is 0.388 e. The SMILES string of the molecule is O=CC[C@H]1O[C@@H](c2ccccc2)OC[C@@H]1O. The Kier molecular flexibility index (Phi) is 3.66. The molecule has 86 valence electrons. The smallest absolute Gasteiger partial charge is 0.184 e. The fourth-order valence-corrected chi connectivity index (χ4v) is 1.67. The summed E-state index contributed by atoms with van der Waals surface area (Å²) in [5.41, 5.74) is 0.894.